The van der Waals surface area contributed by atoms with Crippen LogP contribution in [0.25, 0.3) is 0 Å². The molecule has 5 heteroatoms. The van der Waals surface area contributed by atoms with Crippen molar-refractivity contribution in [2.75, 3.05) is 25.1 Å². The van der Waals surface area contributed by atoms with E-state index in [-0.39, 0.29) is 0 Å². The van der Waals surface area contributed by atoms with Gasteiger partial charge in [0.25, 0.3) is 0 Å². The summed E-state index contributed by atoms with van der Waals surface area (Å²) in [5, 5.41) is 12.8. The molecule has 0 fully saturated rings. The van der Waals surface area contributed by atoms with E-state index in [4.69, 9.17) is 10.5 Å². The molecule has 0 bridgehead atoms. The molecule has 0 heterocycles. The first-order valence-electron chi connectivity index (χ1n) is 6.38. The molecule has 0 aromatic heterocycles. The Labute approximate surface area is 113 Å². The Balaban J connectivity index is 2.29. The van der Waals surface area contributed by atoms with Crippen LogP contribution in [-0.2, 0) is 4.74 Å². The molecule has 19 heavy (non-hydrogen) atoms. The Hall–Kier alpha value is -1.59. The number of carbonyl (C=O) groups is 1. The van der Waals surface area contributed by atoms with Crippen LogP contribution in [0.1, 0.15) is 24.2 Å². The Morgan fingerprint density at radius 3 is 2.47 bits per heavy atom. The second-order valence-corrected chi connectivity index (χ2v) is 4.91. The van der Waals surface area contributed by atoms with Crippen molar-refractivity contribution in [3.8, 4) is 0 Å². The van der Waals surface area contributed by atoms with E-state index in [0.717, 1.165) is 5.69 Å². The standard InChI is InChI=1S/C14H22N2O3/c1-10(2)8-19-9-13(17)7-16-12-5-3-11(4-6-12)14(15)18/h3-6,10,13,16-17H,7-9H2,1-2H3,(H2,15,18). The molecule has 1 rings (SSSR count). The fourth-order valence-corrected chi connectivity index (χ4v) is 1.49. The second-order valence-electron chi connectivity index (χ2n) is 4.91. The monoisotopic (exact) mass is 266 g/mol. The number of aliphatic hydroxyl groups excluding tert-OH is 1. The highest BCUT2D eigenvalue weighted by Gasteiger charge is 2.05. The molecule has 0 spiro atoms. The van der Waals surface area contributed by atoms with Crippen LogP contribution in [0.4, 0.5) is 5.69 Å². The van der Waals surface area contributed by atoms with Gasteiger partial charge in [0, 0.05) is 24.4 Å². The number of carbonyl (C=O) groups excluding carboxylic acids is 1. The lowest BCUT2D eigenvalue weighted by Crippen LogP contribution is -2.25. The first kappa shape index (κ1) is 15.5. The Morgan fingerprint density at radius 2 is 1.95 bits per heavy atom. The molecule has 0 saturated heterocycles. The van der Waals surface area contributed by atoms with E-state index in [1.54, 1.807) is 24.3 Å². The van der Waals surface area contributed by atoms with E-state index in [1.165, 1.54) is 0 Å². The molecule has 0 aliphatic rings. The van der Waals surface area contributed by atoms with Gasteiger partial charge >= 0.3 is 0 Å². The summed E-state index contributed by atoms with van der Waals surface area (Å²) in [5.74, 6) is 0.00942. The molecule has 0 saturated carbocycles. The smallest absolute Gasteiger partial charge is 0.248 e. The minimum absolute atomic E-state index is 0.310. The molecular weight excluding hydrogens is 244 g/mol. The molecule has 1 aromatic rings. The molecule has 106 valence electrons. The van der Waals surface area contributed by atoms with Crippen LogP contribution in [-0.4, -0.2) is 36.9 Å². The first-order chi connectivity index (χ1) is 8.99. The molecule has 0 aliphatic carbocycles. The molecule has 1 unspecified atom stereocenters. The SMILES string of the molecule is CC(C)COCC(O)CNc1ccc(C(N)=O)cc1. The summed E-state index contributed by atoms with van der Waals surface area (Å²) >= 11 is 0. The van der Waals surface area contributed by atoms with Crippen molar-refractivity contribution in [3.05, 3.63) is 29.8 Å². The Kier molecular flexibility index (Phi) is 6.32. The number of nitrogens with one attached hydrogen (secondary N) is 1. The van der Waals surface area contributed by atoms with Crippen LogP contribution in [0.3, 0.4) is 0 Å². The summed E-state index contributed by atoms with van der Waals surface area (Å²) in [6.07, 6.45) is -0.561. The summed E-state index contributed by atoms with van der Waals surface area (Å²) < 4.78 is 5.34. The summed E-state index contributed by atoms with van der Waals surface area (Å²) in [6, 6.07) is 6.79. The second kappa shape index (κ2) is 7.76. The Bertz CT molecular complexity index is 390. The van der Waals surface area contributed by atoms with Crippen molar-refractivity contribution in [1.29, 1.82) is 0 Å². The van der Waals surface area contributed by atoms with Crippen molar-refractivity contribution in [2.45, 2.75) is 20.0 Å². The summed E-state index contributed by atoms with van der Waals surface area (Å²) in [4.78, 5) is 10.9. The van der Waals surface area contributed by atoms with Gasteiger partial charge in [-0.15, -0.1) is 0 Å². The van der Waals surface area contributed by atoms with Crippen LogP contribution in [0.15, 0.2) is 24.3 Å². The van der Waals surface area contributed by atoms with Crippen LogP contribution in [0, 0.1) is 5.92 Å². The fourth-order valence-electron chi connectivity index (χ4n) is 1.49. The number of hydrogen-bond donors (Lipinski definition) is 3. The predicted octanol–water partition coefficient (Wildman–Crippen LogP) is 1.23. The number of nitrogens with two attached hydrogens (primary N) is 1. The minimum atomic E-state index is -0.561. The van der Waals surface area contributed by atoms with Crippen molar-refractivity contribution >= 4 is 11.6 Å². The number of primary amides is 1. The maximum absolute atomic E-state index is 10.9. The zero-order chi connectivity index (χ0) is 14.3. The number of benzene rings is 1. The van der Waals surface area contributed by atoms with Crippen molar-refractivity contribution in [1.82, 2.24) is 0 Å². The van der Waals surface area contributed by atoms with Gasteiger partial charge in [0.05, 0.1) is 12.7 Å². The van der Waals surface area contributed by atoms with E-state index in [0.29, 0.717) is 31.2 Å². The molecule has 5 nitrogen and oxygen atoms in total. The minimum Gasteiger partial charge on any atom is -0.389 e. The van der Waals surface area contributed by atoms with Gasteiger partial charge in [-0.05, 0) is 30.2 Å². The first-order valence-corrected chi connectivity index (χ1v) is 6.38. The van der Waals surface area contributed by atoms with E-state index in [1.807, 2.05) is 0 Å². The van der Waals surface area contributed by atoms with Gasteiger partial charge in [-0.25, -0.2) is 0 Å². The molecular formula is C14H22N2O3. The lowest BCUT2D eigenvalue weighted by Gasteiger charge is -2.14. The number of aliphatic hydroxyl groups is 1. The molecule has 1 amide bonds. The van der Waals surface area contributed by atoms with E-state index < -0.39 is 12.0 Å². The largest absolute Gasteiger partial charge is 0.389 e. The average Bonchev–Trinajstić information content (AvgIpc) is 2.36. The number of amides is 1. The molecule has 1 atom stereocenters. The fraction of sp³-hybridized carbons (Fsp3) is 0.500. The average molecular weight is 266 g/mol. The van der Waals surface area contributed by atoms with Gasteiger partial charge in [-0.3, -0.25) is 4.79 Å². The van der Waals surface area contributed by atoms with E-state index >= 15 is 0 Å². The quantitative estimate of drug-likeness (QED) is 0.660. The molecule has 4 N–H and O–H groups in total. The van der Waals surface area contributed by atoms with Crippen LogP contribution < -0.4 is 11.1 Å². The highest BCUT2D eigenvalue weighted by molar-refractivity contribution is 5.93. The number of hydrogen-bond acceptors (Lipinski definition) is 4. The molecule has 0 aliphatic heterocycles. The number of anilines is 1. The number of rotatable bonds is 8. The van der Waals surface area contributed by atoms with Gasteiger partial charge in [-0.2, -0.15) is 0 Å². The van der Waals surface area contributed by atoms with Gasteiger partial charge < -0.3 is 20.9 Å². The highest BCUT2D eigenvalue weighted by atomic mass is 16.5. The zero-order valence-electron chi connectivity index (χ0n) is 11.4. The normalized spacial score (nSPS) is 12.4. The lowest BCUT2D eigenvalue weighted by molar-refractivity contribution is 0.0318. The maximum atomic E-state index is 10.9. The van der Waals surface area contributed by atoms with Crippen molar-refractivity contribution in [3.63, 3.8) is 0 Å². The summed E-state index contributed by atoms with van der Waals surface area (Å²) in [5.41, 5.74) is 6.44. The molecule has 1 aromatic carbocycles. The Morgan fingerprint density at radius 1 is 1.32 bits per heavy atom. The van der Waals surface area contributed by atoms with E-state index in [2.05, 4.69) is 19.2 Å². The van der Waals surface area contributed by atoms with Crippen molar-refractivity contribution in [2.24, 2.45) is 11.7 Å². The van der Waals surface area contributed by atoms with Crippen LogP contribution in [0.2, 0.25) is 0 Å². The van der Waals surface area contributed by atoms with Gasteiger partial charge in [0.2, 0.25) is 5.91 Å². The third-order valence-electron chi connectivity index (χ3n) is 2.47. The summed E-state index contributed by atoms with van der Waals surface area (Å²) in [6.45, 7) is 5.47. The topological polar surface area (TPSA) is 84.6 Å². The number of ether oxygens (including phenoxy) is 1. The summed E-state index contributed by atoms with van der Waals surface area (Å²) in [7, 11) is 0. The predicted molar refractivity (Wildman–Crippen MR) is 75.1 cm³/mol. The third-order valence-corrected chi connectivity index (χ3v) is 2.47. The highest BCUT2D eigenvalue weighted by Crippen LogP contribution is 2.09. The third kappa shape index (κ3) is 6.22. The maximum Gasteiger partial charge on any atom is 0.248 e. The van der Waals surface area contributed by atoms with E-state index in [9.17, 15) is 9.90 Å². The van der Waals surface area contributed by atoms with Crippen LogP contribution in [0.5, 0.6) is 0 Å². The van der Waals surface area contributed by atoms with Gasteiger partial charge in [0.15, 0.2) is 0 Å². The molecule has 0 radical (unpaired) electrons. The lowest BCUT2D eigenvalue weighted by atomic mass is 10.2. The zero-order valence-corrected chi connectivity index (χ0v) is 11.4. The van der Waals surface area contributed by atoms with Crippen molar-refractivity contribution < 1.29 is 14.6 Å². The van der Waals surface area contributed by atoms with Gasteiger partial charge in [0.1, 0.15) is 0 Å². The van der Waals surface area contributed by atoms with Crippen LogP contribution >= 0.6 is 0 Å². The van der Waals surface area contributed by atoms with Gasteiger partial charge in [-0.1, -0.05) is 13.8 Å².